The van der Waals surface area contributed by atoms with Gasteiger partial charge in [0.2, 0.25) is 10.0 Å². The van der Waals surface area contributed by atoms with Crippen LogP contribution in [0.5, 0.6) is 0 Å². The second-order valence-electron chi connectivity index (χ2n) is 5.69. The van der Waals surface area contributed by atoms with Gasteiger partial charge < -0.3 is 5.11 Å². The fraction of sp³-hybridized carbons (Fsp3) is 0.500. The number of piperidine rings is 1. The van der Waals surface area contributed by atoms with Crippen LogP contribution in [0.2, 0.25) is 5.02 Å². The number of sulfonamides is 1. The summed E-state index contributed by atoms with van der Waals surface area (Å²) in [6.07, 6.45) is 0.981. The summed E-state index contributed by atoms with van der Waals surface area (Å²) in [4.78, 5) is 11.0. The summed E-state index contributed by atoms with van der Waals surface area (Å²) < 4.78 is 26.8. The van der Waals surface area contributed by atoms with Crippen molar-refractivity contribution >= 4 is 27.6 Å². The first-order valence-electron chi connectivity index (χ1n) is 6.75. The maximum Gasteiger partial charge on any atom is 0.337 e. The number of carbonyl (C=O) groups is 1. The van der Waals surface area contributed by atoms with Gasteiger partial charge in [-0.1, -0.05) is 31.5 Å². The monoisotopic (exact) mass is 331 g/mol. The van der Waals surface area contributed by atoms with Crippen LogP contribution in [-0.4, -0.2) is 36.9 Å². The minimum Gasteiger partial charge on any atom is -0.478 e. The van der Waals surface area contributed by atoms with Crippen LogP contribution in [0.25, 0.3) is 0 Å². The molecule has 0 radical (unpaired) electrons. The first-order chi connectivity index (χ1) is 9.73. The summed E-state index contributed by atoms with van der Waals surface area (Å²) in [7, 11) is -3.78. The Labute approximate surface area is 129 Å². The van der Waals surface area contributed by atoms with Gasteiger partial charge in [0.05, 0.1) is 10.6 Å². The first kappa shape index (κ1) is 16.3. The fourth-order valence-corrected chi connectivity index (χ4v) is 5.08. The molecule has 1 aliphatic rings. The van der Waals surface area contributed by atoms with E-state index in [9.17, 15) is 13.2 Å². The molecule has 1 saturated heterocycles. The quantitative estimate of drug-likeness (QED) is 0.924. The van der Waals surface area contributed by atoms with Crippen molar-refractivity contribution in [3.8, 4) is 0 Å². The zero-order valence-electron chi connectivity index (χ0n) is 11.9. The van der Waals surface area contributed by atoms with Crippen LogP contribution in [0.3, 0.4) is 0 Å². The standard InChI is InChI=1S/C14H18ClNO4S/c1-9-6-10(2)8-16(7-9)21(19,20)12-5-3-4-11(13(12)15)14(17)18/h3-5,9-10H,6-8H2,1-2H3,(H,17,18)/t9-,10+. The smallest absolute Gasteiger partial charge is 0.337 e. The molecule has 1 aliphatic heterocycles. The molecule has 2 atom stereocenters. The van der Waals surface area contributed by atoms with E-state index in [1.165, 1.54) is 22.5 Å². The van der Waals surface area contributed by atoms with E-state index in [1.807, 2.05) is 13.8 Å². The first-order valence-corrected chi connectivity index (χ1v) is 8.57. The number of hydrogen-bond acceptors (Lipinski definition) is 3. The zero-order valence-corrected chi connectivity index (χ0v) is 13.5. The minimum absolute atomic E-state index is 0.134. The molecule has 0 saturated carbocycles. The second-order valence-corrected chi connectivity index (χ2v) is 7.98. The van der Waals surface area contributed by atoms with Crippen LogP contribution in [0.1, 0.15) is 30.6 Å². The minimum atomic E-state index is -3.78. The summed E-state index contributed by atoms with van der Waals surface area (Å²) in [5.74, 6) is -0.702. The Bertz CT molecular complexity index is 649. The highest BCUT2D eigenvalue weighted by molar-refractivity contribution is 7.89. The Kier molecular flexibility index (Phi) is 4.60. The number of benzene rings is 1. The molecule has 0 bridgehead atoms. The van der Waals surface area contributed by atoms with Gasteiger partial charge in [-0.2, -0.15) is 4.31 Å². The molecule has 0 aliphatic carbocycles. The van der Waals surface area contributed by atoms with Crippen molar-refractivity contribution in [2.24, 2.45) is 11.8 Å². The molecule has 1 N–H and O–H groups in total. The Morgan fingerprint density at radius 1 is 1.29 bits per heavy atom. The van der Waals surface area contributed by atoms with Gasteiger partial charge in [0.1, 0.15) is 4.90 Å². The number of carboxylic acid groups (broad SMARTS) is 1. The number of halogens is 1. The third-order valence-electron chi connectivity index (χ3n) is 3.65. The third kappa shape index (κ3) is 3.22. The van der Waals surface area contributed by atoms with E-state index in [1.54, 1.807) is 0 Å². The van der Waals surface area contributed by atoms with E-state index in [0.717, 1.165) is 6.42 Å². The SMILES string of the molecule is C[C@@H]1C[C@H](C)CN(S(=O)(=O)c2cccc(C(=O)O)c2Cl)C1. The van der Waals surface area contributed by atoms with Crippen LogP contribution in [0, 0.1) is 11.8 Å². The number of carboxylic acids is 1. The highest BCUT2D eigenvalue weighted by Gasteiger charge is 2.33. The molecule has 0 unspecified atom stereocenters. The molecule has 5 nitrogen and oxygen atoms in total. The molecular weight excluding hydrogens is 314 g/mol. The summed E-state index contributed by atoms with van der Waals surface area (Å²) in [6, 6.07) is 4.05. The summed E-state index contributed by atoms with van der Waals surface area (Å²) in [5, 5.41) is 8.83. The molecule has 7 heteroatoms. The van der Waals surface area contributed by atoms with E-state index in [0.29, 0.717) is 13.1 Å². The van der Waals surface area contributed by atoms with Gasteiger partial charge in [-0.25, -0.2) is 13.2 Å². The van der Waals surface area contributed by atoms with Gasteiger partial charge in [0.25, 0.3) is 0 Å². The summed E-state index contributed by atoms with van der Waals surface area (Å²) in [6.45, 7) is 4.88. The molecule has 1 aromatic rings. The van der Waals surface area contributed by atoms with Crippen molar-refractivity contribution in [3.63, 3.8) is 0 Å². The Morgan fingerprint density at radius 2 is 1.86 bits per heavy atom. The number of aromatic carboxylic acids is 1. The van der Waals surface area contributed by atoms with E-state index in [4.69, 9.17) is 16.7 Å². The van der Waals surface area contributed by atoms with Crippen molar-refractivity contribution < 1.29 is 18.3 Å². The van der Waals surface area contributed by atoms with Gasteiger partial charge in [-0.3, -0.25) is 0 Å². The third-order valence-corrected chi connectivity index (χ3v) is 6.04. The van der Waals surface area contributed by atoms with Crippen LogP contribution < -0.4 is 0 Å². The fourth-order valence-electron chi connectivity index (χ4n) is 2.82. The molecular formula is C14H18ClNO4S. The number of nitrogens with zero attached hydrogens (tertiary/aromatic N) is 1. The molecule has 0 amide bonds. The van der Waals surface area contributed by atoms with E-state index < -0.39 is 16.0 Å². The molecule has 0 spiro atoms. The summed E-state index contributed by atoms with van der Waals surface area (Å²) in [5.41, 5.74) is -0.198. The lowest BCUT2D eigenvalue weighted by Crippen LogP contribution is -2.42. The number of hydrogen-bond donors (Lipinski definition) is 1. The Morgan fingerprint density at radius 3 is 2.38 bits per heavy atom. The predicted molar refractivity (Wildman–Crippen MR) is 80.1 cm³/mol. The molecule has 116 valence electrons. The number of rotatable bonds is 3. The maximum atomic E-state index is 12.7. The maximum absolute atomic E-state index is 12.7. The van der Waals surface area contributed by atoms with Gasteiger partial charge >= 0.3 is 5.97 Å². The van der Waals surface area contributed by atoms with Crippen LogP contribution in [-0.2, 0) is 10.0 Å². The van der Waals surface area contributed by atoms with Crippen molar-refractivity contribution in [1.82, 2.24) is 4.31 Å². The van der Waals surface area contributed by atoms with E-state index in [-0.39, 0.29) is 27.3 Å². The van der Waals surface area contributed by atoms with Gasteiger partial charge in [-0.15, -0.1) is 0 Å². The van der Waals surface area contributed by atoms with Gasteiger partial charge in [0, 0.05) is 13.1 Å². The van der Waals surface area contributed by atoms with Crippen LogP contribution >= 0.6 is 11.6 Å². The van der Waals surface area contributed by atoms with Crippen molar-refractivity contribution in [2.75, 3.05) is 13.1 Å². The topological polar surface area (TPSA) is 74.7 Å². The molecule has 2 rings (SSSR count). The Balaban J connectivity index is 2.45. The van der Waals surface area contributed by atoms with Gasteiger partial charge in [0.15, 0.2) is 0 Å². The molecule has 1 aromatic carbocycles. The lowest BCUT2D eigenvalue weighted by molar-refractivity contribution is 0.0697. The largest absolute Gasteiger partial charge is 0.478 e. The average Bonchev–Trinajstić information content (AvgIpc) is 2.37. The molecule has 21 heavy (non-hydrogen) atoms. The van der Waals surface area contributed by atoms with Crippen LogP contribution in [0.4, 0.5) is 0 Å². The lowest BCUT2D eigenvalue weighted by atomic mass is 9.94. The van der Waals surface area contributed by atoms with Crippen molar-refractivity contribution in [3.05, 3.63) is 28.8 Å². The molecule has 1 fully saturated rings. The highest BCUT2D eigenvalue weighted by Crippen LogP contribution is 2.31. The average molecular weight is 332 g/mol. The zero-order chi connectivity index (χ0) is 15.8. The normalized spacial score (nSPS) is 24.0. The Hall–Kier alpha value is -1.11. The highest BCUT2D eigenvalue weighted by atomic mass is 35.5. The predicted octanol–water partition coefficient (Wildman–Crippen LogP) is 2.70. The molecule has 0 aromatic heterocycles. The van der Waals surface area contributed by atoms with Gasteiger partial charge in [-0.05, 0) is 30.4 Å². The second kappa shape index (κ2) is 5.94. The van der Waals surface area contributed by atoms with Crippen LogP contribution in [0.15, 0.2) is 23.1 Å². The summed E-state index contributed by atoms with van der Waals surface area (Å²) >= 11 is 5.99. The molecule has 1 heterocycles. The van der Waals surface area contributed by atoms with Crippen molar-refractivity contribution in [2.45, 2.75) is 25.2 Å². The van der Waals surface area contributed by atoms with Crippen molar-refractivity contribution in [1.29, 1.82) is 0 Å². The lowest BCUT2D eigenvalue weighted by Gasteiger charge is -2.34. The van der Waals surface area contributed by atoms with E-state index >= 15 is 0 Å². The van der Waals surface area contributed by atoms with E-state index in [2.05, 4.69) is 0 Å².